The second-order valence-electron chi connectivity index (χ2n) is 5.89. The summed E-state index contributed by atoms with van der Waals surface area (Å²) in [5, 5.41) is 6.54. The zero-order chi connectivity index (χ0) is 12.1. The first kappa shape index (κ1) is 12.9. The summed E-state index contributed by atoms with van der Waals surface area (Å²) in [6, 6.07) is 0. The monoisotopic (exact) mass is 238 g/mol. The molecule has 2 rings (SSSR count). The van der Waals surface area contributed by atoms with Crippen LogP contribution < -0.4 is 10.6 Å². The molecule has 17 heavy (non-hydrogen) atoms. The van der Waals surface area contributed by atoms with Crippen LogP contribution >= 0.6 is 0 Å². The predicted molar refractivity (Wildman–Crippen MR) is 69.7 cm³/mol. The SMILES string of the molecule is CC1CNCCC1CNC(=O)CC1CCCC1. The van der Waals surface area contributed by atoms with E-state index in [1.807, 2.05) is 0 Å². The van der Waals surface area contributed by atoms with Gasteiger partial charge in [-0.3, -0.25) is 4.79 Å². The second-order valence-corrected chi connectivity index (χ2v) is 5.89. The fraction of sp³-hybridized carbons (Fsp3) is 0.929. The smallest absolute Gasteiger partial charge is 0.220 e. The minimum absolute atomic E-state index is 0.280. The fourth-order valence-corrected chi connectivity index (χ4v) is 3.17. The zero-order valence-electron chi connectivity index (χ0n) is 11.0. The van der Waals surface area contributed by atoms with E-state index in [-0.39, 0.29) is 5.91 Å². The van der Waals surface area contributed by atoms with Gasteiger partial charge >= 0.3 is 0 Å². The van der Waals surface area contributed by atoms with E-state index in [0.29, 0.717) is 17.8 Å². The molecular weight excluding hydrogens is 212 g/mol. The van der Waals surface area contributed by atoms with E-state index in [1.165, 1.54) is 32.1 Å². The van der Waals surface area contributed by atoms with Crippen LogP contribution in [0, 0.1) is 17.8 Å². The molecule has 0 spiro atoms. The summed E-state index contributed by atoms with van der Waals surface area (Å²) in [5.74, 6) is 2.31. The normalized spacial score (nSPS) is 30.4. The van der Waals surface area contributed by atoms with Gasteiger partial charge in [-0.15, -0.1) is 0 Å². The van der Waals surface area contributed by atoms with Gasteiger partial charge in [-0.05, 0) is 50.1 Å². The van der Waals surface area contributed by atoms with Crippen LogP contribution in [-0.2, 0) is 4.79 Å². The third kappa shape index (κ3) is 3.98. The van der Waals surface area contributed by atoms with Gasteiger partial charge in [0.1, 0.15) is 0 Å². The number of hydrogen-bond donors (Lipinski definition) is 2. The van der Waals surface area contributed by atoms with E-state index in [2.05, 4.69) is 17.6 Å². The molecule has 2 unspecified atom stereocenters. The summed E-state index contributed by atoms with van der Waals surface area (Å²) in [6.07, 6.45) is 7.13. The first-order chi connectivity index (χ1) is 8.25. The van der Waals surface area contributed by atoms with Crippen molar-refractivity contribution >= 4 is 5.91 Å². The maximum absolute atomic E-state index is 11.8. The van der Waals surface area contributed by atoms with Crippen LogP contribution in [0.3, 0.4) is 0 Å². The Morgan fingerprint density at radius 2 is 2.06 bits per heavy atom. The quantitative estimate of drug-likeness (QED) is 0.786. The van der Waals surface area contributed by atoms with Crippen molar-refractivity contribution in [2.45, 2.75) is 45.4 Å². The Labute approximate surface area is 105 Å². The Bertz CT molecular complexity index is 249. The lowest BCUT2D eigenvalue weighted by atomic mass is 9.88. The van der Waals surface area contributed by atoms with Gasteiger partial charge in [0.2, 0.25) is 5.91 Å². The Hall–Kier alpha value is -0.570. The average molecular weight is 238 g/mol. The average Bonchev–Trinajstić information content (AvgIpc) is 2.81. The van der Waals surface area contributed by atoms with Crippen LogP contribution in [0.4, 0.5) is 0 Å². The summed E-state index contributed by atoms with van der Waals surface area (Å²) in [4.78, 5) is 11.8. The maximum atomic E-state index is 11.8. The predicted octanol–water partition coefficient (Wildman–Crippen LogP) is 1.93. The maximum Gasteiger partial charge on any atom is 0.220 e. The molecule has 2 aliphatic rings. The van der Waals surface area contributed by atoms with Crippen molar-refractivity contribution in [1.29, 1.82) is 0 Å². The van der Waals surface area contributed by atoms with Gasteiger partial charge in [0, 0.05) is 13.0 Å². The van der Waals surface area contributed by atoms with Crippen LogP contribution in [0.2, 0.25) is 0 Å². The third-order valence-electron chi connectivity index (χ3n) is 4.47. The van der Waals surface area contributed by atoms with E-state index in [4.69, 9.17) is 0 Å². The molecule has 1 saturated heterocycles. The van der Waals surface area contributed by atoms with Gasteiger partial charge in [-0.25, -0.2) is 0 Å². The van der Waals surface area contributed by atoms with Gasteiger partial charge in [-0.2, -0.15) is 0 Å². The number of piperidine rings is 1. The van der Waals surface area contributed by atoms with Crippen LogP contribution in [0.15, 0.2) is 0 Å². The highest BCUT2D eigenvalue weighted by atomic mass is 16.1. The molecule has 1 aliphatic carbocycles. The molecule has 3 nitrogen and oxygen atoms in total. The summed E-state index contributed by atoms with van der Waals surface area (Å²) in [7, 11) is 0. The molecule has 0 radical (unpaired) electrons. The van der Waals surface area contributed by atoms with Crippen LogP contribution in [-0.4, -0.2) is 25.5 Å². The van der Waals surface area contributed by atoms with E-state index >= 15 is 0 Å². The van der Waals surface area contributed by atoms with E-state index < -0.39 is 0 Å². The number of carbonyl (C=O) groups excluding carboxylic acids is 1. The van der Waals surface area contributed by atoms with Gasteiger partial charge in [0.15, 0.2) is 0 Å². The van der Waals surface area contributed by atoms with Crippen LogP contribution in [0.25, 0.3) is 0 Å². The Morgan fingerprint density at radius 3 is 2.76 bits per heavy atom. The minimum atomic E-state index is 0.280. The molecule has 2 fully saturated rings. The highest BCUT2D eigenvalue weighted by Crippen LogP contribution is 2.27. The van der Waals surface area contributed by atoms with Crippen molar-refractivity contribution in [2.24, 2.45) is 17.8 Å². The van der Waals surface area contributed by atoms with Crippen molar-refractivity contribution in [2.75, 3.05) is 19.6 Å². The first-order valence-corrected chi connectivity index (χ1v) is 7.23. The van der Waals surface area contributed by atoms with Gasteiger partial charge in [0.25, 0.3) is 0 Å². The number of amides is 1. The number of hydrogen-bond acceptors (Lipinski definition) is 2. The van der Waals surface area contributed by atoms with Crippen molar-refractivity contribution in [3.05, 3.63) is 0 Å². The van der Waals surface area contributed by atoms with Crippen molar-refractivity contribution in [1.82, 2.24) is 10.6 Å². The van der Waals surface area contributed by atoms with Crippen molar-refractivity contribution in [3.8, 4) is 0 Å². The first-order valence-electron chi connectivity index (χ1n) is 7.23. The molecule has 3 heteroatoms. The molecule has 1 saturated carbocycles. The van der Waals surface area contributed by atoms with Gasteiger partial charge < -0.3 is 10.6 Å². The highest BCUT2D eigenvalue weighted by molar-refractivity contribution is 5.76. The Balaban J connectivity index is 1.64. The molecule has 0 bridgehead atoms. The largest absolute Gasteiger partial charge is 0.356 e. The molecule has 98 valence electrons. The molecule has 0 aromatic heterocycles. The summed E-state index contributed by atoms with van der Waals surface area (Å²) >= 11 is 0. The molecule has 0 aromatic carbocycles. The molecule has 2 atom stereocenters. The number of rotatable bonds is 4. The van der Waals surface area contributed by atoms with Gasteiger partial charge in [0.05, 0.1) is 0 Å². The van der Waals surface area contributed by atoms with Gasteiger partial charge in [-0.1, -0.05) is 19.8 Å². The molecule has 1 aliphatic heterocycles. The second kappa shape index (κ2) is 6.39. The Kier molecular flexibility index (Phi) is 4.84. The Morgan fingerprint density at radius 1 is 1.29 bits per heavy atom. The van der Waals surface area contributed by atoms with Crippen molar-refractivity contribution < 1.29 is 4.79 Å². The minimum Gasteiger partial charge on any atom is -0.356 e. The lowest BCUT2D eigenvalue weighted by molar-refractivity contribution is -0.122. The molecule has 1 heterocycles. The lowest BCUT2D eigenvalue weighted by Gasteiger charge is -2.29. The fourth-order valence-electron chi connectivity index (χ4n) is 3.17. The molecular formula is C14H26N2O. The third-order valence-corrected chi connectivity index (χ3v) is 4.47. The molecule has 1 amide bonds. The van der Waals surface area contributed by atoms with Crippen LogP contribution in [0.1, 0.15) is 45.4 Å². The lowest BCUT2D eigenvalue weighted by Crippen LogP contribution is -2.41. The standard InChI is InChI=1S/C14H26N2O/c1-11-9-15-7-6-13(11)10-16-14(17)8-12-4-2-3-5-12/h11-13,15H,2-10H2,1H3,(H,16,17). The number of nitrogens with one attached hydrogen (secondary N) is 2. The topological polar surface area (TPSA) is 41.1 Å². The summed E-state index contributed by atoms with van der Waals surface area (Å²) in [5.41, 5.74) is 0. The summed E-state index contributed by atoms with van der Waals surface area (Å²) < 4.78 is 0. The van der Waals surface area contributed by atoms with E-state index in [0.717, 1.165) is 26.1 Å². The van der Waals surface area contributed by atoms with E-state index in [9.17, 15) is 4.79 Å². The van der Waals surface area contributed by atoms with Crippen LogP contribution in [0.5, 0.6) is 0 Å². The number of carbonyl (C=O) groups is 1. The highest BCUT2D eigenvalue weighted by Gasteiger charge is 2.22. The zero-order valence-corrected chi connectivity index (χ0v) is 11.0. The summed E-state index contributed by atoms with van der Waals surface area (Å²) in [6.45, 7) is 5.37. The van der Waals surface area contributed by atoms with E-state index in [1.54, 1.807) is 0 Å². The molecule has 2 N–H and O–H groups in total. The van der Waals surface area contributed by atoms with Crippen molar-refractivity contribution in [3.63, 3.8) is 0 Å². The molecule has 0 aromatic rings.